The van der Waals surface area contributed by atoms with Gasteiger partial charge in [0.1, 0.15) is 17.4 Å². The molecule has 0 aliphatic heterocycles. The number of benzene rings is 1. The lowest BCUT2D eigenvalue weighted by Gasteiger charge is -2.21. The van der Waals surface area contributed by atoms with Gasteiger partial charge in [-0.05, 0) is 45.7 Å². The third kappa shape index (κ3) is 6.14. The van der Waals surface area contributed by atoms with Crippen molar-refractivity contribution in [3.63, 3.8) is 0 Å². The van der Waals surface area contributed by atoms with Crippen LogP contribution in [0.25, 0.3) is 5.69 Å². The van der Waals surface area contributed by atoms with Gasteiger partial charge >= 0.3 is 12.3 Å². The monoisotopic (exact) mass is 573 g/mol. The molecule has 3 rings (SSSR count). The van der Waals surface area contributed by atoms with Crippen LogP contribution >= 0.6 is 23.2 Å². The van der Waals surface area contributed by atoms with E-state index >= 15 is 0 Å². The maximum Gasteiger partial charge on any atom is 0.426 e. The molecule has 0 saturated heterocycles. The van der Waals surface area contributed by atoms with Gasteiger partial charge in [-0.25, -0.2) is 19.9 Å². The van der Waals surface area contributed by atoms with E-state index in [0.29, 0.717) is 12.1 Å². The molecule has 38 heavy (non-hydrogen) atoms. The molecule has 1 aliphatic carbocycles. The predicted molar refractivity (Wildman–Crippen MR) is 134 cm³/mol. The fourth-order valence-electron chi connectivity index (χ4n) is 3.55. The lowest BCUT2D eigenvalue weighted by molar-refractivity contribution is -0.137. The molecule has 2 aromatic rings. The highest BCUT2D eigenvalue weighted by molar-refractivity contribution is 6.38. The number of aliphatic imine (C=N–C) groups is 1. The number of alkyl halides is 3. The normalized spacial score (nSPS) is 14.7. The van der Waals surface area contributed by atoms with Crippen molar-refractivity contribution in [2.45, 2.75) is 50.8 Å². The highest BCUT2D eigenvalue weighted by Crippen LogP contribution is 2.53. The summed E-state index contributed by atoms with van der Waals surface area (Å²) >= 11 is 12.4. The zero-order valence-electron chi connectivity index (χ0n) is 21.0. The fourth-order valence-corrected chi connectivity index (χ4v) is 4.20. The SMILES string of the molecule is CN(C)C=Nc1c(C2(C(=O)NNC(=O)OC(C)(C)C)CC2)c(C#N)nn1-c1c(Cl)cc(C(F)(F)F)cc1Cl. The molecule has 1 fully saturated rings. The third-order valence-electron chi connectivity index (χ3n) is 5.27. The fraction of sp³-hybridized carbons (Fsp3) is 0.435. The van der Waals surface area contributed by atoms with Crippen molar-refractivity contribution in [3.8, 4) is 11.8 Å². The molecule has 0 atom stereocenters. The standard InChI is InChI=1S/C23H24Cl2F3N7O3/c1-21(2,3)38-20(37)32-31-19(36)22(6-7-22)16-15(10-29)33-35(18(16)30-11-34(4)5)17-13(24)8-12(9-14(17)25)23(26,27)28/h8-9,11H,6-7H2,1-5H3,(H,31,36)(H,32,37). The number of hydrazine groups is 1. The van der Waals surface area contributed by atoms with Gasteiger partial charge in [0.15, 0.2) is 11.5 Å². The van der Waals surface area contributed by atoms with E-state index in [0.717, 1.165) is 4.68 Å². The number of ether oxygens (including phenoxy) is 1. The van der Waals surface area contributed by atoms with Gasteiger partial charge in [-0.15, -0.1) is 0 Å². The maximum atomic E-state index is 13.3. The van der Waals surface area contributed by atoms with Crippen LogP contribution in [0.4, 0.5) is 23.8 Å². The van der Waals surface area contributed by atoms with Crippen molar-refractivity contribution in [2.24, 2.45) is 4.99 Å². The van der Waals surface area contributed by atoms with Crippen LogP contribution in [-0.4, -0.2) is 52.7 Å². The minimum Gasteiger partial charge on any atom is -0.443 e. The predicted octanol–water partition coefficient (Wildman–Crippen LogP) is 4.88. The van der Waals surface area contributed by atoms with E-state index in [9.17, 15) is 28.0 Å². The first-order valence-electron chi connectivity index (χ1n) is 11.1. The topological polar surface area (TPSA) is 125 Å². The van der Waals surface area contributed by atoms with Crippen molar-refractivity contribution in [1.82, 2.24) is 25.5 Å². The van der Waals surface area contributed by atoms with Crippen LogP contribution < -0.4 is 10.9 Å². The molecule has 2 N–H and O–H groups in total. The second-order valence-electron chi connectivity index (χ2n) is 9.73. The minimum absolute atomic E-state index is 0.0382. The Morgan fingerprint density at radius 2 is 1.79 bits per heavy atom. The van der Waals surface area contributed by atoms with Crippen LogP contribution in [0.3, 0.4) is 0 Å². The van der Waals surface area contributed by atoms with Gasteiger partial charge in [-0.3, -0.25) is 10.2 Å². The molecule has 0 unspecified atom stereocenters. The first-order valence-corrected chi connectivity index (χ1v) is 11.9. The molecule has 2 amide bonds. The lowest BCUT2D eigenvalue weighted by Crippen LogP contribution is -2.48. The van der Waals surface area contributed by atoms with E-state index in [2.05, 4.69) is 20.9 Å². The van der Waals surface area contributed by atoms with E-state index in [-0.39, 0.29) is 35.6 Å². The van der Waals surface area contributed by atoms with E-state index in [1.54, 1.807) is 39.8 Å². The average molecular weight is 574 g/mol. The van der Waals surface area contributed by atoms with Crippen LogP contribution in [0.2, 0.25) is 10.0 Å². The summed E-state index contributed by atoms with van der Waals surface area (Å²) in [5.74, 6) is -0.700. The number of nitriles is 1. The van der Waals surface area contributed by atoms with Gasteiger partial charge in [0.25, 0.3) is 0 Å². The Bertz CT molecular complexity index is 1310. The lowest BCUT2D eigenvalue weighted by atomic mass is 9.94. The van der Waals surface area contributed by atoms with Gasteiger partial charge in [0, 0.05) is 14.1 Å². The second-order valence-corrected chi connectivity index (χ2v) is 10.5. The summed E-state index contributed by atoms with van der Waals surface area (Å²) in [5.41, 5.74) is 1.00. The zero-order valence-corrected chi connectivity index (χ0v) is 22.5. The van der Waals surface area contributed by atoms with Crippen LogP contribution in [0, 0.1) is 11.3 Å². The Morgan fingerprint density at radius 3 is 2.24 bits per heavy atom. The van der Waals surface area contributed by atoms with E-state index in [4.69, 9.17) is 27.9 Å². The van der Waals surface area contributed by atoms with Crippen LogP contribution in [0.15, 0.2) is 17.1 Å². The second kappa shape index (κ2) is 10.3. The first kappa shape index (κ1) is 29.1. The number of amides is 2. The number of hydrogen-bond acceptors (Lipinski definition) is 6. The van der Waals surface area contributed by atoms with E-state index < -0.39 is 44.8 Å². The molecule has 204 valence electrons. The Balaban J connectivity index is 2.13. The van der Waals surface area contributed by atoms with Crippen molar-refractivity contribution in [2.75, 3.05) is 14.1 Å². The number of aromatic nitrogens is 2. The third-order valence-corrected chi connectivity index (χ3v) is 5.85. The number of hydrogen-bond donors (Lipinski definition) is 2. The van der Waals surface area contributed by atoms with E-state index in [1.165, 1.54) is 6.34 Å². The molecule has 0 spiro atoms. The molecule has 10 nitrogen and oxygen atoms in total. The number of carbonyl (C=O) groups excluding carboxylic acids is 2. The molecular weight excluding hydrogens is 550 g/mol. The van der Waals surface area contributed by atoms with Crippen LogP contribution in [0.1, 0.15) is 50.4 Å². The summed E-state index contributed by atoms with van der Waals surface area (Å²) in [6.07, 6.45) is -3.70. The van der Waals surface area contributed by atoms with Crippen LogP contribution in [-0.2, 0) is 21.1 Å². The number of halogens is 5. The molecular formula is C23H24Cl2F3N7O3. The Kier molecular flexibility index (Phi) is 7.91. The average Bonchev–Trinajstić information content (AvgIpc) is 3.49. The summed E-state index contributed by atoms with van der Waals surface area (Å²) in [7, 11) is 3.33. The largest absolute Gasteiger partial charge is 0.443 e. The molecule has 1 aromatic heterocycles. The summed E-state index contributed by atoms with van der Waals surface area (Å²) in [5, 5.41) is 13.3. The van der Waals surface area contributed by atoms with Crippen LogP contribution in [0.5, 0.6) is 0 Å². The molecule has 1 heterocycles. The number of nitrogens with one attached hydrogen (secondary N) is 2. The van der Waals surface area contributed by atoms with Crippen molar-refractivity contribution >= 4 is 47.4 Å². The summed E-state index contributed by atoms with van der Waals surface area (Å²) in [4.78, 5) is 31.2. The van der Waals surface area contributed by atoms with Crippen molar-refractivity contribution in [3.05, 3.63) is 39.0 Å². The highest BCUT2D eigenvalue weighted by atomic mass is 35.5. The maximum absolute atomic E-state index is 13.3. The quantitative estimate of drug-likeness (QED) is 0.298. The first-order chi connectivity index (χ1) is 17.5. The Hall–Kier alpha value is -3.50. The highest BCUT2D eigenvalue weighted by Gasteiger charge is 2.56. The number of carbonyl (C=O) groups is 2. The molecule has 0 radical (unpaired) electrons. The van der Waals surface area contributed by atoms with Gasteiger partial charge in [0.2, 0.25) is 5.91 Å². The molecule has 0 bridgehead atoms. The molecule has 1 saturated carbocycles. The van der Waals surface area contributed by atoms with E-state index in [1.807, 2.05) is 6.07 Å². The molecule has 1 aliphatic rings. The number of nitrogens with zero attached hydrogens (tertiary/aromatic N) is 5. The minimum atomic E-state index is -4.71. The Labute approximate surface area is 226 Å². The van der Waals surface area contributed by atoms with Gasteiger partial charge in [0.05, 0.1) is 32.9 Å². The van der Waals surface area contributed by atoms with Gasteiger partial charge in [-0.1, -0.05) is 23.2 Å². The Morgan fingerprint density at radius 1 is 1.21 bits per heavy atom. The zero-order chi connectivity index (χ0) is 28.6. The summed E-state index contributed by atoms with van der Waals surface area (Å²) in [6.45, 7) is 4.95. The summed E-state index contributed by atoms with van der Waals surface area (Å²) in [6, 6.07) is 3.27. The summed E-state index contributed by atoms with van der Waals surface area (Å²) < 4.78 is 46.0. The van der Waals surface area contributed by atoms with Gasteiger partial charge in [-0.2, -0.15) is 23.5 Å². The smallest absolute Gasteiger partial charge is 0.426 e. The van der Waals surface area contributed by atoms with Crippen molar-refractivity contribution in [1.29, 1.82) is 5.26 Å². The number of rotatable bonds is 5. The van der Waals surface area contributed by atoms with Crippen molar-refractivity contribution < 1.29 is 27.5 Å². The molecule has 15 heteroatoms. The van der Waals surface area contributed by atoms with Gasteiger partial charge < -0.3 is 9.64 Å². The molecule has 1 aromatic carbocycles.